The lowest BCUT2D eigenvalue weighted by Gasteiger charge is -2.09. The Labute approximate surface area is 90.4 Å². The number of halogens is 4. The van der Waals surface area contributed by atoms with Crippen LogP contribution in [0.2, 0.25) is 0 Å². The zero-order valence-corrected chi connectivity index (χ0v) is 8.58. The summed E-state index contributed by atoms with van der Waals surface area (Å²) in [6.07, 6.45) is -4.76. The maximum Gasteiger partial charge on any atom is 0.573 e. The first-order chi connectivity index (χ1) is 6.92. The Balaban J connectivity index is 3.02. The van der Waals surface area contributed by atoms with Gasteiger partial charge in [-0.1, -0.05) is 21.0 Å². The molecule has 0 unspecified atom stereocenters. The fourth-order valence-corrected chi connectivity index (χ4v) is 1.14. The maximum atomic E-state index is 11.8. The van der Waals surface area contributed by atoms with Gasteiger partial charge in [-0.15, -0.1) is 13.2 Å². The minimum atomic E-state index is -4.76. The number of alkyl halides is 3. The van der Waals surface area contributed by atoms with Crippen LogP contribution < -0.4 is 4.74 Å². The van der Waals surface area contributed by atoms with Crippen LogP contribution in [0.5, 0.6) is 5.75 Å². The van der Waals surface area contributed by atoms with Gasteiger partial charge in [0.2, 0.25) is 0 Å². The smallest absolute Gasteiger partial charge is 0.406 e. The van der Waals surface area contributed by atoms with Gasteiger partial charge in [-0.2, -0.15) is 0 Å². The third-order valence-corrected chi connectivity index (χ3v) is 1.97. The van der Waals surface area contributed by atoms with Gasteiger partial charge in [0.1, 0.15) is 5.75 Å². The van der Waals surface area contributed by atoms with E-state index >= 15 is 0 Å². The molecule has 0 aliphatic heterocycles. The molecule has 0 aromatic heterocycles. The normalized spacial score (nSPS) is 10.7. The molecule has 0 saturated carbocycles. The molecule has 15 heavy (non-hydrogen) atoms. The van der Waals surface area contributed by atoms with Gasteiger partial charge in [-0.05, 0) is 23.7 Å². The summed E-state index contributed by atoms with van der Waals surface area (Å²) < 4.78 is 39.5. The van der Waals surface area contributed by atoms with Crippen LogP contribution >= 0.6 is 15.9 Å². The molecule has 0 aliphatic rings. The molecule has 4 nitrogen and oxygen atoms in total. The number of nitrogens with zero attached hydrogens (tertiary/aromatic N) is 3. The molecular weight excluding hydrogens is 279 g/mol. The van der Waals surface area contributed by atoms with Crippen LogP contribution in [-0.4, -0.2) is 6.36 Å². The molecule has 0 fully saturated rings. The van der Waals surface area contributed by atoms with E-state index in [1.807, 2.05) is 0 Å². The highest BCUT2D eigenvalue weighted by Crippen LogP contribution is 2.32. The third kappa shape index (κ3) is 3.69. The van der Waals surface area contributed by atoms with Crippen LogP contribution in [0.1, 0.15) is 0 Å². The second kappa shape index (κ2) is 4.41. The van der Waals surface area contributed by atoms with Crippen LogP contribution in [0.4, 0.5) is 18.9 Å². The molecular formula is C7H3BrF3N3O. The maximum absolute atomic E-state index is 11.8. The Morgan fingerprint density at radius 3 is 2.60 bits per heavy atom. The van der Waals surface area contributed by atoms with Crippen molar-refractivity contribution in [1.29, 1.82) is 0 Å². The van der Waals surface area contributed by atoms with Crippen LogP contribution in [0.25, 0.3) is 10.4 Å². The van der Waals surface area contributed by atoms with Gasteiger partial charge in [0.05, 0.1) is 5.69 Å². The molecule has 0 bridgehead atoms. The molecule has 0 radical (unpaired) electrons. The molecule has 0 heterocycles. The van der Waals surface area contributed by atoms with Gasteiger partial charge < -0.3 is 4.74 Å². The van der Waals surface area contributed by atoms with Crippen molar-refractivity contribution >= 4 is 21.6 Å². The Morgan fingerprint density at radius 1 is 1.40 bits per heavy atom. The fraction of sp³-hybridized carbons (Fsp3) is 0.143. The molecule has 0 spiro atoms. The van der Waals surface area contributed by atoms with Crippen LogP contribution in [-0.2, 0) is 0 Å². The number of benzene rings is 1. The molecule has 0 N–H and O–H groups in total. The van der Waals surface area contributed by atoms with Crippen LogP contribution in [0.3, 0.4) is 0 Å². The van der Waals surface area contributed by atoms with Crippen molar-refractivity contribution in [2.24, 2.45) is 5.11 Å². The molecule has 0 saturated heterocycles. The summed E-state index contributed by atoms with van der Waals surface area (Å²) in [6.45, 7) is 0. The van der Waals surface area contributed by atoms with Crippen molar-refractivity contribution in [2.45, 2.75) is 6.36 Å². The molecule has 80 valence electrons. The molecule has 1 aromatic rings. The predicted octanol–water partition coefficient (Wildman–Crippen LogP) is 4.29. The van der Waals surface area contributed by atoms with Crippen molar-refractivity contribution in [1.82, 2.24) is 0 Å². The summed E-state index contributed by atoms with van der Waals surface area (Å²) in [6, 6.07) is 3.39. The second-order valence-electron chi connectivity index (χ2n) is 2.35. The number of hydrogen-bond acceptors (Lipinski definition) is 2. The zero-order valence-electron chi connectivity index (χ0n) is 6.99. The Hall–Kier alpha value is -1.40. The Bertz CT molecular complexity index is 414. The van der Waals surface area contributed by atoms with E-state index in [9.17, 15) is 13.2 Å². The summed E-state index contributed by atoms with van der Waals surface area (Å²) in [5.74, 6) is -0.437. The molecule has 0 amide bonds. The Morgan fingerprint density at radius 2 is 2.07 bits per heavy atom. The van der Waals surface area contributed by atoms with E-state index in [-0.39, 0.29) is 5.69 Å². The first-order valence-electron chi connectivity index (χ1n) is 3.53. The first-order valence-corrected chi connectivity index (χ1v) is 4.32. The summed E-state index contributed by atoms with van der Waals surface area (Å²) in [5.41, 5.74) is 8.17. The van der Waals surface area contributed by atoms with E-state index in [0.717, 1.165) is 12.1 Å². The standard InChI is InChI=1S/C7H3BrF3N3O/c8-5-2-1-4(15-7(9,10)11)3-6(5)13-14-12/h1-3H. The average molecular weight is 282 g/mol. The van der Waals surface area contributed by atoms with Gasteiger partial charge in [-0.25, -0.2) is 0 Å². The monoisotopic (exact) mass is 281 g/mol. The Kier molecular flexibility index (Phi) is 3.43. The van der Waals surface area contributed by atoms with E-state index in [1.165, 1.54) is 6.07 Å². The minimum Gasteiger partial charge on any atom is -0.406 e. The third-order valence-electron chi connectivity index (χ3n) is 1.30. The zero-order chi connectivity index (χ0) is 11.5. The lowest BCUT2D eigenvalue weighted by atomic mass is 10.3. The van der Waals surface area contributed by atoms with Crippen molar-refractivity contribution in [3.63, 3.8) is 0 Å². The van der Waals surface area contributed by atoms with Gasteiger partial charge in [-0.3, -0.25) is 0 Å². The summed E-state index contributed by atoms with van der Waals surface area (Å²) in [4.78, 5) is 2.46. The van der Waals surface area contributed by atoms with E-state index in [4.69, 9.17) is 5.53 Å². The van der Waals surface area contributed by atoms with Crippen LogP contribution in [0, 0.1) is 0 Å². The topological polar surface area (TPSA) is 58.0 Å². The number of hydrogen-bond donors (Lipinski definition) is 0. The van der Waals surface area contributed by atoms with Gasteiger partial charge in [0.25, 0.3) is 0 Å². The van der Waals surface area contributed by atoms with E-state index in [2.05, 4.69) is 30.7 Å². The van der Waals surface area contributed by atoms with E-state index < -0.39 is 12.1 Å². The van der Waals surface area contributed by atoms with Gasteiger partial charge in [0, 0.05) is 9.38 Å². The largest absolute Gasteiger partial charge is 0.573 e. The molecule has 1 aromatic carbocycles. The van der Waals surface area contributed by atoms with Crippen LogP contribution in [0.15, 0.2) is 27.8 Å². The lowest BCUT2D eigenvalue weighted by Crippen LogP contribution is -2.16. The van der Waals surface area contributed by atoms with Gasteiger partial charge >= 0.3 is 6.36 Å². The van der Waals surface area contributed by atoms with Gasteiger partial charge in [0.15, 0.2) is 0 Å². The molecule has 8 heteroatoms. The summed E-state index contributed by atoms with van der Waals surface area (Å²) >= 11 is 3.01. The molecule has 0 aliphatic carbocycles. The van der Waals surface area contributed by atoms with Crippen molar-refractivity contribution in [2.75, 3.05) is 0 Å². The summed E-state index contributed by atoms with van der Waals surface area (Å²) in [7, 11) is 0. The average Bonchev–Trinajstić information content (AvgIpc) is 2.09. The van der Waals surface area contributed by atoms with Crippen molar-refractivity contribution in [3.8, 4) is 5.75 Å². The molecule has 1 rings (SSSR count). The van der Waals surface area contributed by atoms with Crippen molar-refractivity contribution < 1.29 is 17.9 Å². The molecule has 0 atom stereocenters. The highest BCUT2D eigenvalue weighted by molar-refractivity contribution is 9.10. The predicted molar refractivity (Wildman–Crippen MR) is 49.6 cm³/mol. The summed E-state index contributed by atoms with van der Waals surface area (Å²) in [5, 5.41) is 3.18. The van der Waals surface area contributed by atoms with Crippen molar-refractivity contribution in [3.05, 3.63) is 33.1 Å². The van der Waals surface area contributed by atoms with E-state index in [0.29, 0.717) is 4.47 Å². The fourth-order valence-electron chi connectivity index (χ4n) is 0.814. The minimum absolute atomic E-state index is 0.0271. The highest BCUT2D eigenvalue weighted by Gasteiger charge is 2.31. The number of ether oxygens (including phenoxy) is 1. The number of azide groups is 1. The second-order valence-corrected chi connectivity index (χ2v) is 3.20. The quantitative estimate of drug-likeness (QED) is 0.453. The van der Waals surface area contributed by atoms with E-state index in [1.54, 1.807) is 0 Å². The SMILES string of the molecule is [N-]=[N+]=Nc1cc(OC(F)(F)F)ccc1Br. The lowest BCUT2D eigenvalue weighted by molar-refractivity contribution is -0.274. The highest BCUT2D eigenvalue weighted by atomic mass is 79.9. The first kappa shape index (κ1) is 11.7. The number of rotatable bonds is 2.